The molecule has 0 aromatic heterocycles. The second-order valence-electron chi connectivity index (χ2n) is 4.05. The number of aliphatic hydroxyl groups is 1. The van der Waals surface area contributed by atoms with E-state index in [0.29, 0.717) is 31.5 Å². The van der Waals surface area contributed by atoms with E-state index in [1.807, 2.05) is 6.92 Å². The van der Waals surface area contributed by atoms with Crippen LogP contribution in [0.3, 0.4) is 0 Å². The molecule has 0 aliphatic heterocycles. The van der Waals surface area contributed by atoms with E-state index in [1.165, 1.54) is 6.07 Å². The molecule has 0 fully saturated rings. The molecule has 5 nitrogen and oxygen atoms in total. The van der Waals surface area contributed by atoms with E-state index >= 15 is 0 Å². The highest BCUT2D eigenvalue weighted by Crippen LogP contribution is 2.19. The van der Waals surface area contributed by atoms with Crippen LogP contribution in [0.15, 0.2) is 23.1 Å². The van der Waals surface area contributed by atoms with Crippen LogP contribution in [0.5, 0.6) is 0 Å². The Hall–Kier alpha value is -1.11. The first-order valence-electron chi connectivity index (χ1n) is 6.00. The molecule has 0 aliphatic carbocycles. The van der Waals surface area contributed by atoms with Gasteiger partial charge in [0.2, 0.25) is 10.0 Å². The van der Waals surface area contributed by atoms with Gasteiger partial charge in [-0.2, -0.15) is 0 Å². The summed E-state index contributed by atoms with van der Waals surface area (Å²) in [5.74, 6) is 0. The zero-order valence-electron chi connectivity index (χ0n) is 10.5. The number of anilines is 1. The molecular weight excluding hydrogens is 252 g/mol. The summed E-state index contributed by atoms with van der Waals surface area (Å²) in [5, 5.41) is 8.64. The van der Waals surface area contributed by atoms with E-state index in [-0.39, 0.29) is 11.5 Å². The normalized spacial score (nSPS) is 11.7. The lowest BCUT2D eigenvalue weighted by molar-refractivity contribution is 0.285. The van der Waals surface area contributed by atoms with Crippen LogP contribution in [-0.4, -0.2) is 26.7 Å². The Morgan fingerprint density at radius 2 is 2.06 bits per heavy atom. The number of hydrogen-bond acceptors (Lipinski definition) is 4. The van der Waals surface area contributed by atoms with Gasteiger partial charge in [0.05, 0.1) is 4.90 Å². The zero-order valence-corrected chi connectivity index (χ0v) is 11.3. The molecular formula is C12H20N2O3S. The van der Waals surface area contributed by atoms with Crippen molar-refractivity contribution in [1.82, 2.24) is 4.72 Å². The average Bonchev–Trinajstić information content (AvgIpc) is 2.35. The van der Waals surface area contributed by atoms with E-state index in [2.05, 4.69) is 4.72 Å². The van der Waals surface area contributed by atoms with Crippen LogP contribution in [0.1, 0.15) is 25.3 Å². The van der Waals surface area contributed by atoms with Crippen molar-refractivity contribution in [3.8, 4) is 0 Å². The number of nitrogens with two attached hydrogens (primary N) is 1. The van der Waals surface area contributed by atoms with E-state index in [0.717, 1.165) is 5.56 Å². The molecule has 0 saturated heterocycles. The van der Waals surface area contributed by atoms with Crippen LogP contribution in [-0.2, 0) is 16.4 Å². The molecule has 18 heavy (non-hydrogen) atoms. The predicted molar refractivity (Wildman–Crippen MR) is 71.7 cm³/mol. The van der Waals surface area contributed by atoms with Crippen LogP contribution in [0, 0.1) is 0 Å². The van der Waals surface area contributed by atoms with Crippen LogP contribution in [0.4, 0.5) is 5.69 Å². The highest BCUT2D eigenvalue weighted by Gasteiger charge is 2.17. The molecule has 1 aromatic carbocycles. The van der Waals surface area contributed by atoms with Gasteiger partial charge >= 0.3 is 0 Å². The maximum atomic E-state index is 12.1. The summed E-state index contributed by atoms with van der Waals surface area (Å²) in [6, 6.07) is 4.91. The van der Waals surface area contributed by atoms with Gasteiger partial charge in [-0.05, 0) is 37.0 Å². The summed E-state index contributed by atoms with van der Waals surface area (Å²) in [6.07, 6.45) is 1.83. The fourth-order valence-corrected chi connectivity index (χ4v) is 3.05. The molecule has 6 heteroatoms. The van der Waals surface area contributed by atoms with E-state index in [4.69, 9.17) is 10.8 Å². The molecule has 0 bridgehead atoms. The van der Waals surface area contributed by atoms with Crippen molar-refractivity contribution >= 4 is 15.7 Å². The van der Waals surface area contributed by atoms with E-state index in [1.54, 1.807) is 12.1 Å². The summed E-state index contributed by atoms with van der Waals surface area (Å²) >= 11 is 0. The zero-order chi connectivity index (χ0) is 13.6. The summed E-state index contributed by atoms with van der Waals surface area (Å²) in [6.45, 7) is 2.29. The number of rotatable bonds is 7. The molecule has 0 radical (unpaired) electrons. The van der Waals surface area contributed by atoms with Gasteiger partial charge in [-0.15, -0.1) is 0 Å². The maximum absolute atomic E-state index is 12.1. The molecule has 0 amide bonds. The average molecular weight is 272 g/mol. The number of aliphatic hydroxyl groups excluding tert-OH is 1. The SMILES string of the molecule is CCc1ccc(N)cc1S(=O)(=O)NCCCCO. The fourth-order valence-electron chi connectivity index (χ4n) is 1.63. The number of nitrogen functional groups attached to an aromatic ring is 1. The Labute approximate surface area is 108 Å². The highest BCUT2D eigenvalue weighted by molar-refractivity contribution is 7.89. The molecule has 1 aromatic rings. The van der Waals surface area contributed by atoms with E-state index < -0.39 is 10.0 Å². The van der Waals surface area contributed by atoms with Gasteiger partial charge in [-0.3, -0.25) is 0 Å². The quantitative estimate of drug-likeness (QED) is 0.507. The molecule has 4 N–H and O–H groups in total. The molecule has 0 heterocycles. The summed E-state index contributed by atoms with van der Waals surface area (Å²) in [5.41, 5.74) is 6.81. The van der Waals surface area contributed by atoms with Crippen molar-refractivity contribution in [1.29, 1.82) is 0 Å². The second-order valence-corrected chi connectivity index (χ2v) is 5.78. The minimum atomic E-state index is -3.52. The molecule has 0 spiro atoms. The van der Waals surface area contributed by atoms with E-state index in [9.17, 15) is 8.42 Å². The number of benzene rings is 1. The first kappa shape index (κ1) is 14.9. The Morgan fingerprint density at radius 3 is 2.67 bits per heavy atom. The Morgan fingerprint density at radius 1 is 1.33 bits per heavy atom. The second kappa shape index (κ2) is 6.72. The number of hydrogen-bond donors (Lipinski definition) is 3. The van der Waals surface area contributed by atoms with Crippen LogP contribution in [0.2, 0.25) is 0 Å². The van der Waals surface area contributed by atoms with Crippen LogP contribution in [0.25, 0.3) is 0 Å². The van der Waals surface area contributed by atoms with Crippen molar-refractivity contribution < 1.29 is 13.5 Å². The molecule has 0 aliphatic rings. The first-order chi connectivity index (χ1) is 8.51. The van der Waals surface area contributed by atoms with Gasteiger partial charge in [-0.25, -0.2) is 13.1 Å². The predicted octanol–water partition coefficient (Wildman–Crippen LogP) is 0.882. The topological polar surface area (TPSA) is 92.4 Å². The number of aryl methyl sites for hydroxylation is 1. The van der Waals surface area contributed by atoms with Crippen LogP contribution < -0.4 is 10.5 Å². The molecule has 0 atom stereocenters. The third-order valence-electron chi connectivity index (χ3n) is 2.64. The minimum Gasteiger partial charge on any atom is -0.399 e. The first-order valence-corrected chi connectivity index (χ1v) is 7.48. The number of nitrogens with one attached hydrogen (secondary N) is 1. The molecule has 0 unspecified atom stereocenters. The lowest BCUT2D eigenvalue weighted by Gasteiger charge is -2.11. The van der Waals surface area contributed by atoms with Crippen molar-refractivity contribution in [2.24, 2.45) is 0 Å². The molecule has 102 valence electrons. The standard InChI is InChI=1S/C12H20N2O3S/c1-2-10-5-6-11(13)9-12(10)18(16,17)14-7-3-4-8-15/h5-6,9,14-15H,2-4,7-8,13H2,1H3. The third-order valence-corrected chi connectivity index (χ3v) is 4.18. The summed E-state index contributed by atoms with van der Waals surface area (Å²) in [7, 11) is -3.52. The Balaban J connectivity index is 2.87. The summed E-state index contributed by atoms with van der Waals surface area (Å²) in [4.78, 5) is 0.244. The van der Waals surface area contributed by atoms with Gasteiger partial charge < -0.3 is 10.8 Å². The van der Waals surface area contributed by atoms with Crippen LogP contribution >= 0.6 is 0 Å². The smallest absolute Gasteiger partial charge is 0.240 e. The van der Waals surface area contributed by atoms with Crippen molar-refractivity contribution in [3.63, 3.8) is 0 Å². The maximum Gasteiger partial charge on any atom is 0.240 e. The number of unbranched alkanes of at least 4 members (excludes halogenated alkanes) is 1. The third kappa shape index (κ3) is 3.97. The molecule has 1 rings (SSSR count). The summed E-state index contributed by atoms with van der Waals surface area (Å²) < 4.78 is 26.7. The monoisotopic (exact) mass is 272 g/mol. The Bertz CT molecular complexity index is 486. The van der Waals surface area contributed by atoms with Gasteiger partial charge in [0.25, 0.3) is 0 Å². The number of sulfonamides is 1. The highest BCUT2D eigenvalue weighted by atomic mass is 32.2. The van der Waals surface area contributed by atoms with Gasteiger partial charge in [0, 0.05) is 18.8 Å². The van der Waals surface area contributed by atoms with Gasteiger partial charge in [0.15, 0.2) is 0 Å². The van der Waals surface area contributed by atoms with Gasteiger partial charge in [-0.1, -0.05) is 13.0 Å². The Kier molecular flexibility index (Phi) is 5.58. The lowest BCUT2D eigenvalue weighted by Crippen LogP contribution is -2.26. The van der Waals surface area contributed by atoms with Crippen molar-refractivity contribution in [2.45, 2.75) is 31.1 Å². The largest absolute Gasteiger partial charge is 0.399 e. The van der Waals surface area contributed by atoms with Gasteiger partial charge in [0.1, 0.15) is 0 Å². The lowest BCUT2D eigenvalue weighted by atomic mass is 10.1. The fraction of sp³-hybridized carbons (Fsp3) is 0.500. The molecule has 0 saturated carbocycles. The van der Waals surface area contributed by atoms with Crippen molar-refractivity contribution in [2.75, 3.05) is 18.9 Å². The van der Waals surface area contributed by atoms with Crippen molar-refractivity contribution in [3.05, 3.63) is 23.8 Å². The minimum absolute atomic E-state index is 0.0697.